The van der Waals surface area contributed by atoms with Crippen molar-refractivity contribution in [3.63, 3.8) is 0 Å². The molecule has 1 heteroatoms. The smallest absolute Gasteiger partial charge is 0.159 e. The van der Waals surface area contributed by atoms with E-state index in [2.05, 4.69) is 19.9 Å². The second-order valence-corrected chi connectivity index (χ2v) is 5.48. The lowest BCUT2D eigenvalue weighted by molar-refractivity contribution is -0.121. The van der Waals surface area contributed by atoms with Crippen molar-refractivity contribution in [2.75, 3.05) is 0 Å². The Labute approximate surface area is 91.2 Å². The van der Waals surface area contributed by atoms with Gasteiger partial charge in [-0.05, 0) is 56.9 Å². The van der Waals surface area contributed by atoms with Crippen LogP contribution in [0, 0.1) is 23.7 Å². The molecule has 1 nitrogen and oxygen atoms in total. The monoisotopic (exact) mass is 202 g/mol. The molecule has 2 bridgehead atoms. The van der Waals surface area contributed by atoms with E-state index in [0.29, 0.717) is 23.5 Å². The van der Waals surface area contributed by atoms with Crippen molar-refractivity contribution in [3.8, 4) is 0 Å². The summed E-state index contributed by atoms with van der Waals surface area (Å²) in [5, 5.41) is 0. The van der Waals surface area contributed by atoms with Crippen molar-refractivity contribution in [1.29, 1.82) is 0 Å². The Morgan fingerprint density at radius 3 is 2.67 bits per heavy atom. The Morgan fingerprint density at radius 1 is 1.27 bits per heavy atom. The first kappa shape index (κ1) is 9.38. The summed E-state index contributed by atoms with van der Waals surface area (Å²) in [5.41, 5.74) is 3.12. The molecule has 80 valence electrons. The minimum Gasteiger partial charge on any atom is -0.295 e. The lowest BCUT2D eigenvalue weighted by Gasteiger charge is -2.30. The van der Waals surface area contributed by atoms with Crippen LogP contribution in [0.25, 0.3) is 0 Å². The van der Waals surface area contributed by atoms with E-state index in [1.165, 1.54) is 18.4 Å². The number of hydrogen-bond donors (Lipinski definition) is 0. The van der Waals surface area contributed by atoms with Crippen LogP contribution in [0.4, 0.5) is 0 Å². The second kappa shape index (κ2) is 3.07. The molecular formula is C14H18O. The molecule has 0 N–H and O–H groups in total. The minimum absolute atomic E-state index is 0.346. The maximum Gasteiger partial charge on any atom is 0.159 e. The third-order valence-corrected chi connectivity index (χ3v) is 4.60. The van der Waals surface area contributed by atoms with Crippen molar-refractivity contribution < 1.29 is 4.79 Å². The normalized spacial score (nSPS) is 42.3. The zero-order chi connectivity index (χ0) is 10.6. The van der Waals surface area contributed by atoms with Gasteiger partial charge in [-0.3, -0.25) is 4.79 Å². The molecule has 0 aromatic rings. The predicted molar refractivity (Wildman–Crippen MR) is 60.3 cm³/mol. The van der Waals surface area contributed by atoms with E-state index in [1.807, 2.05) is 6.08 Å². The standard InChI is InChI=1S/C14H18O/c1-8(2)13-10-6-7-11(13)14-9(10)4-3-5-12(14)15/h3,5,9-11,14H,4,6-7H2,1-2H3/t9-,10-,11+,14+/m0/s1. The van der Waals surface area contributed by atoms with Crippen LogP contribution in [0.2, 0.25) is 0 Å². The van der Waals surface area contributed by atoms with E-state index >= 15 is 0 Å². The SMILES string of the molecule is CC(C)=C1[C@H]2CC[C@H]1[C@@H]1C(=O)C=CC[C@H]12. The van der Waals surface area contributed by atoms with E-state index in [0.717, 1.165) is 12.3 Å². The van der Waals surface area contributed by atoms with Gasteiger partial charge in [-0.25, -0.2) is 0 Å². The van der Waals surface area contributed by atoms with Gasteiger partial charge in [0.15, 0.2) is 5.78 Å². The summed E-state index contributed by atoms with van der Waals surface area (Å²) >= 11 is 0. The predicted octanol–water partition coefficient (Wildman–Crippen LogP) is 3.12. The van der Waals surface area contributed by atoms with Crippen LogP contribution in [0.15, 0.2) is 23.3 Å². The molecule has 2 saturated carbocycles. The quantitative estimate of drug-likeness (QED) is 0.551. The molecule has 15 heavy (non-hydrogen) atoms. The number of carbonyl (C=O) groups excluding carboxylic acids is 1. The minimum atomic E-state index is 0.346. The molecule has 0 aliphatic heterocycles. The van der Waals surface area contributed by atoms with Crippen LogP contribution in [0.3, 0.4) is 0 Å². The average molecular weight is 202 g/mol. The van der Waals surface area contributed by atoms with E-state index in [1.54, 1.807) is 5.57 Å². The van der Waals surface area contributed by atoms with E-state index in [4.69, 9.17) is 0 Å². The van der Waals surface area contributed by atoms with E-state index in [9.17, 15) is 4.79 Å². The number of carbonyl (C=O) groups is 1. The third kappa shape index (κ3) is 1.12. The highest BCUT2D eigenvalue weighted by molar-refractivity contribution is 5.94. The lowest BCUT2D eigenvalue weighted by atomic mass is 9.73. The summed E-state index contributed by atoms with van der Waals surface area (Å²) in [7, 11) is 0. The zero-order valence-corrected chi connectivity index (χ0v) is 9.49. The maximum atomic E-state index is 11.9. The maximum absolute atomic E-state index is 11.9. The van der Waals surface area contributed by atoms with Gasteiger partial charge in [-0.15, -0.1) is 0 Å². The molecule has 0 heterocycles. The van der Waals surface area contributed by atoms with Crippen LogP contribution in [-0.2, 0) is 4.79 Å². The van der Waals surface area contributed by atoms with Crippen molar-refractivity contribution in [3.05, 3.63) is 23.3 Å². The van der Waals surface area contributed by atoms with Gasteiger partial charge in [0.05, 0.1) is 0 Å². The largest absolute Gasteiger partial charge is 0.295 e. The molecule has 3 aliphatic carbocycles. The van der Waals surface area contributed by atoms with Crippen LogP contribution in [-0.4, -0.2) is 5.78 Å². The highest BCUT2D eigenvalue weighted by Crippen LogP contribution is 2.59. The Kier molecular flexibility index (Phi) is 1.92. The molecule has 0 radical (unpaired) electrons. The van der Waals surface area contributed by atoms with Crippen LogP contribution < -0.4 is 0 Å². The van der Waals surface area contributed by atoms with Crippen LogP contribution in [0.5, 0.6) is 0 Å². The summed E-state index contributed by atoms with van der Waals surface area (Å²) in [5.74, 6) is 2.73. The molecule has 4 atom stereocenters. The van der Waals surface area contributed by atoms with Gasteiger partial charge in [-0.2, -0.15) is 0 Å². The van der Waals surface area contributed by atoms with E-state index in [-0.39, 0.29) is 0 Å². The molecule has 0 aromatic heterocycles. The summed E-state index contributed by atoms with van der Waals surface area (Å²) in [4.78, 5) is 11.9. The molecule has 3 aliphatic rings. The topological polar surface area (TPSA) is 17.1 Å². The van der Waals surface area contributed by atoms with Crippen molar-refractivity contribution >= 4 is 5.78 Å². The first-order valence-corrected chi connectivity index (χ1v) is 6.08. The Balaban J connectivity index is 2.06. The Hall–Kier alpha value is -0.850. The summed E-state index contributed by atoms with van der Waals surface area (Å²) < 4.78 is 0. The molecule has 2 fully saturated rings. The molecule has 0 amide bonds. The second-order valence-electron chi connectivity index (χ2n) is 5.48. The molecule has 0 aromatic carbocycles. The summed E-state index contributed by atoms with van der Waals surface area (Å²) in [6.07, 6.45) is 7.63. The molecule has 0 spiro atoms. The number of rotatable bonds is 0. The van der Waals surface area contributed by atoms with Gasteiger partial charge in [0, 0.05) is 5.92 Å². The number of allylic oxidation sites excluding steroid dienone is 4. The first-order chi connectivity index (χ1) is 7.20. The van der Waals surface area contributed by atoms with Crippen LogP contribution >= 0.6 is 0 Å². The van der Waals surface area contributed by atoms with Crippen molar-refractivity contribution in [2.45, 2.75) is 33.1 Å². The van der Waals surface area contributed by atoms with Gasteiger partial charge in [0.25, 0.3) is 0 Å². The first-order valence-electron chi connectivity index (χ1n) is 6.08. The molecule has 0 saturated heterocycles. The lowest BCUT2D eigenvalue weighted by Crippen LogP contribution is -2.30. The highest BCUT2D eigenvalue weighted by Gasteiger charge is 2.53. The van der Waals surface area contributed by atoms with Gasteiger partial charge in [-0.1, -0.05) is 17.2 Å². The summed E-state index contributed by atoms with van der Waals surface area (Å²) in [6.45, 7) is 4.44. The highest BCUT2D eigenvalue weighted by atomic mass is 16.1. The van der Waals surface area contributed by atoms with Gasteiger partial charge < -0.3 is 0 Å². The fourth-order valence-electron chi connectivity index (χ4n) is 4.23. The summed E-state index contributed by atoms with van der Waals surface area (Å²) in [6, 6.07) is 0. The fourth-order valence-corrected chi connectivity index (χ4v) is 4.23. The zero-order valence-electron chi connectivity index (χ0n) is 9.49. The van der Waals surface area contributed by atoms with E-state index < -0.39 is 0 Å². The molecule has 0 unspecified atom stereocenters. The van der Waals surface area contributed by atoms with Crippen molar-refractivity contribution in [1.82, 2.24) is 0 Å². The number of hydrogen-bond acceptors (Lipinski definition) is 1. The Bertz CT molecular complexity index is 371. The number of fused-ring (bicyclic) bond motifs is 5. The van der Waals surface area contributed by atoms with Gasteiger partial charge in [0.2, 0.25) is 0 Å². The van der Waals surface area contributed by atoms with Gasteiger partial charge >= 0.3 is 0 Å². The van der Waals surface area contributed by atoms with Crippen molar-refractivity contribution in [2.24, 2.45) is 23.7 Å². The molecule has 3 rings (SSSR count). The molecular weight excluding hydrogens is 184 g/mol. The van der Waals surface area contributed by atoms with Gasteiger partial charge in [0.1, 0.15) is 0 Å². The Morgan fingerprint density at radius 2 is 2.00 bits per heavy atom. The fraction of sp³-hybridized carbons (Fsp3) is 0.643. The number of ketones is 1. The average Bonchev–Trinajstić information content (AvgIpc) is 2.73. The van der Waals surface area contributed by atoms with Crippen LogP contribution in [0.1, 0.15) is 33.1 Å². The third-order valence-electron chi connectivity index (χ3n) is 4.60.